The summed E-state index contributed by atoms with van der Waals surface area (Å²) < 4.78 is 14.7. The lowest BCUT2D eigenvalue weighted by atomic mass is 9.92. The van der Waals surface area contributed by atoms with Crippen molar-refractivity contribution in [3.8, 4) is 0 Å². The minimum atomic E-state index is -1.25. The van der Waals surface area contributed by atoms with Crippen molar-refractivity contribution >= 4 is 23.9 Å². The first kappa shape index (κ1) is 19.2. The minimum Gasteiger partial charge on any atom is -0.463 e. The fraction of sp³-hybridized carbons (Fsp3) is 0.263. The van der Waals surface area contributed by atoms with E-state index in [1.807, 2.05) is 0 Å². The number of amides is 3. The lowest BCUT2D eigenvalue weighted by molar-refractivity contribution is -0.149. The summed E-state index contributed by atoms with van der Waals surface area (Å²) in [5, 5.41) is 2.61. The number of rotatable bonds is 6. The van der Waals surface area contributed by atoms with Crippen molar-refractivity contribution in [2.45, 2.75) is 19.1 Å². The summed E-state index contributed by atoms with van der Waals surface area (Å²) in [4.78, 5) is 49.1. The summed E-state index contributed by atoms with van der Waals surface area (Å²) in [7, 11) is 1.21. The number of imide groups is 1. The van der Waals surface area contributed by atoms with Crippen LogP contribution in [0.15, 0.2) is 46.9 Å². The third kappa shape index (κ3) is 3.59. The maximum absolute atomic E-state index is 12.7. The Hall–Kier alpha value is -3.62. The van der Waals surface area contributed by atoms with Crippen molar-refractivity contribution in [3.05, 3.63) is 59.5 Å². The quantitative estimate of drug-likeness (QED) is 0.592. The molecule has 2 heterocycles. The standard InChI is InChI=1S/C19H18N2O7/c1-19(12-6-4-3-5-7-12)17(24)21(18(25)20-19)10-15(22)27-11-13-8-9-14(28-13)16(23)26-2/h3-9H,10-11H2,1-2H3,(H,20,25)/t19-/m1/s1. The molecule has 9 nitrogen and oxygen atoms in total. The maximum atomic E-state index is 12.7. The molecular weight excluding hydrogens is 368 g/mol. The lowest BCUT2D eigenvalue weighted by Crippen LogP contribution is -2.41. The fourth-order valence-corrected chi connectivity index (χ4v) is 2.80. The molecule has 0 radical (unpaired) electrons. The zero-order valence-corrected chi connectivity index (χ0v) is 15.3. The van der Waals surface area contributed by atoms with Crippen LogP contribution in [0, 0.1) is 0 Å². The molecule has 146 valence electrons. The van der Waals surface area contributed by atoms with Gasteiger partial charge < -0.3 is 19.2 Å². The molecule has 2 aromatic rings. The van der Waals surface area contributed by atoms with Crippen LogP contribution >= 0.6 is 0 Å². The normalized spacial score (nSPS) is 18.7. The zero-order chi connectivity index (χ0) is 20.3. The second-order valence-electron chi connectivity index (χ2n) is 6.23. The molecule has 1 aliphatic rings. The van der Waals surface area contributed by atoms with Crippen molar-refractivity contribution in [1.29, 1.82) is 0 Å². The zero-order valence-electron chi connectivity index (χ0n) is 15.3. The smallest absolute Gasteiger partial charge is 0.373 e. The number of benzene rings is 1. The Bertz CT molecular complexity index is 921. The third-order valence-electron chi connectivity index (χ3n) is 4.34. The molecule has 9 heteroatoms. The molecule has 1 saturated heterocycles. The largest absolute Gasteiger partial charge is 0.463 e. The molecule has 3 rings (SSSR count). The highest BCUT2D eigenvalue weighted by atomic mass is 16.6. The van der Waals surface area contributed by atoms with Crippen LogP contribution in [0.3, 0.4) is 0 Å². The number of esters is 2. The average Bonchev–Trinajstić information content (AvgIpc) is 3.26. The Morgan fingerprint density at radius 2 is 1.86 bits per heavy atom. The van der Waals surface area contributed by atoms with Crippen molar-refractivity contribution in [2.24, 2.45) is 0 Å². The molecule has 0 unspecified atom stereocenters. The van der Waals surface area contributed by atoms with E-state index in [0.29, 0.717) is 5.56 Å². The maximum Gasteiger partial charge on any atom is 0.373 e. The summed E-state index contributed by atoms with van der Waals surface area (Å²) in [5.74, 6) is -1.80. The second-order valence-corrected chi connectivity index (χ2v) is 6.23. The van der Waals surface area contributed by atoms with Crippen LogP contribution in [0.5, 0.6) is 0 Å². The first-order chi connectivity index (χ1) is 13.3. The SMILES string of the molecule is COC(=O)c1ccc(COC(=O)CN2C(=O)N[C@](C)(c3ccccc3)C2=O)o1. The Kier molecular flexibility index (Phi) is 5.16. The lowest BCUT2D eigenvalue weighted by Gasteiger charge is -2.21. The number of urea groups is 1. The predicted molar refractivity (Wildman–Crippen MR) is 93.9 cm³/mol. The van der Waals surface area contributed by atoms with Crippen molar-refractivity contribution in [1.82, 2.24) is 10.2 Å². The van der Waals surface area contributed by atoms with Crippen LogP contribution in [-0.2, 0) is 31.2 Å². The summed E-state index contributed by atoms with van der Waals surface area (Å²) in [5.41, 5.74) is -0.648. The molecular formula is C19H18N2O7. The van der Waals surface area contributed by atoms with E-state index in [1.54, 1.807) is 37.3 Å². The number of hydrogen-bond acceptors (Lipinski definition) is 7. The van der Waals surface area contributed by atoms with Gasteiger partial charge in [-0.15, -0.1) is 0 Å². The van der Waals surface area contributed by atoms with Gasteiger partial charge in [-0.25, -0.2) is 9.59 Å². The van der Waals surface area contributed by atoms with Gasteiger partial charge in [0.2, 0.25) is 5.76 Å². The van der Waals surface area contributed by atoms with E-state index in [9.17, 15) is 19.2 Å². The van der Waals surface area contributed by atoms with Gasteiger partial charge in [-0.1, -0.05) is 30.3 Å². The number of nitrogens with one attached hydrogen (secondary N) is 1. The predicted octanol–water partition coefficient (Wildman–Crippen LogP) is 1.58. The van der Waals surface area contributed by atoms with Crippen LogP contribution in [-0.4, -0.2) is 42.4 Å². The average molecular weight is 386 g/mol. The van der Waals surface area contributed by atoms with E-state index in [-0.39, 0.29) is 18.1 Å². The van der Waals surface area contributed by atoms with E-state index in [4.69, 9.17) is 9.15 Å². The number of hydrogen-bond donors (Lipinski definition) is 1. The molecule has 28 heavy (non-hydrogen) atoms. The van der Waals surface area contributed by atoms with E-state index in [1.165, 1.54) is 19.2 Å². The van der Waals surface area contributed by atoms with Gasteiger partial charge in [-0.05, 0) is 24.6 Å². The van der Waals surface area contributed by atoms with E-state index in [0.717, 1.165) is 4.90 Å². The van der Waals surface area contributed by atoms with Gasteiger partial charge in [0, 0.05) is 0 Å². The summed E-state index contributed by atoms with van der Waals surface area (Å²) in [6.07, 6.45) is 0. The van der Waals surface area contributed by atoms with Crippen LogP contribution in [0.25, 0.3) is 0 Å². The highest BCUT2D eigenvalue weighted by Gasteiger charge is 2.49. The molecule has 1 N–H and O–H groups in total. The molecule has 0 spiro atoms. The molecule has 0 saturated carbocycles. The summed E-state index contributed by atoms with van der Waals surface area (Å²) in [6.45, 7) is 0.776. The molecule has 1 aromatic heterocycles. The van der Waals surface area contributed by atoms with E-state index < -0.39 is 36.0 Å². The number of nitrogens with zero attached hydrogens (tertiary/aromatic N) is 1. The van der Waals surface area contributed by atoms with Gasteiger partial charge in [0.05, 0.1) is 7.11 Å². The molecule has 0 aliphatic carbocycles. The van der Waals surface area contributed by atoms with Gasteiger partial charge in [0.25, 0.3) is 5.91 Å². The second kappa shape index (κ2) is 7.55. The van der Waals surface area contributed by atoms with Gasteiger partial charge in [-0.2, -0.15) is 0 Å². The van der Waals surface area contributed by atoms with Crippen LogP contribution in [0.1, 0.15) is 28.8 Å². The van der Waals surface area contributed by atoms with E-state index in [2.05, 4.69) is 10.1 Å². The Labute approximate surface area is 160 Å². The number of carbonyl (C=O) groups is 4. The van der Waals surface area contributed by atoms with E-state index >= 15 is 0 Å². The molecule has 1 atom stereocenters. The van der Waals surface area contributed by atoms with Gasteiger partial charge in [0.1, 0.15) is 24.5 Å². The van der Waals surface area contributed by atoms with Crippen LogP contribution < -0.4 is 5.32 Å². The number of carbonyl (C=O) groups excluding carboxylic acids is 4. The summed E-state index contributed by atoms with van der Waals surface area (Å²) in [6, 6.07) is 10.9. The highest BCUT2D eigenvalue weighted by Crippen LogP contribution is 2.28. The minimum absolute atomic E-state index is 0.0266. The van der Waals surface area contributed by atoms with Crippen molar-refractivity contribution in [2.75, 3.05) is 13.7 Å². The van der Waals surface area contributed by atoms with Crippen molar-refractivity contribution in [3.63, 3.8) is 0 Å². The topological polar surface area (TPSA) is 115 Å². The number of methoxy groups -OCH3 is 1. The number of furan rings is 1. The van der Waals surface area contributed by atoms with Crippen LogP contribution in [0.4, 0.5) is 4.79 Å². The fourth-order valence-electron chi connectivity index (χ4n) is 2.80. The monoisotopic (exact) mass is 386 g/mol. The van der Waals surface area contributed by atoms with Gasteiger partial charge in [0.15, 0.2) is 0 Å². The Morgan fingerprint density at radius 1 is 1.14 bits per heavy atom. The van der Waals surface area contributed by atoms with Gasteiger partial charge >= 0.3 is 18.0 Å². The molecule has 1 fully saturated rings. The van der Waals surface area contributed by atoms with Gasteiger partial charge in [-0.3, -0.25) is 14.5 Å². The Balaban J connectivity index is 1.61. The van der Waals surface area contributed by atoms with Crippen molar-refractivity contribution < 1.29 is 33.1 Å². The first-order valence-electron chi connectivity index (χ1n) is 8.37. The number of ether oxygens (including phenoxy) is 2. The summed E-state index contributed by atoms with van der Waals surface area (Å²) >= 11 is 0. The molecule has 0 bridgehead atoms. The molecule has 1 aliphatic heterocycles. The molecule has 1 aromatic carbocycles. The molecule has 3 amide bonds. The van der Waals surface area contributed by atoms with Crippen LogP contribution in [0.2, 0.25) is 0 Å². The Morgan fingerprint density at radius 3 is 2.54 bits per heavy atom. The third-order valence-corrected chi connectivity index (χ3v) is 4.34. The first-order valence-corrected chi connectivity index (χ1v) is 8.37. The highest BCUT2D eigenvalue weighted by molar-refractivity contribution is 6.08.